The van der Waals surface area contributed by atoms with Crippen molar-refractivity contribution in [2.24, 2.45) is 0 Å². The van der Waals surface area contributed by atoms with E-state index in [1.165, 1.54) is 0 Å². The number of aromatic amines is 1. The maximum absolute atomic E-state index is 10.7. The highest BCUT2D eigenvalue weighted by Gasteiger charge is 2.13. The van der Waals surface area contributed by atoms with Crippen LogP contribution in [0, 0.1) is 0 Å². The molecule has 0 unspecified atom stereocenters. The Labute approximate surface area is 97.9 Å². The summed E-state index contributed by atoms with van der Waals surface area (Å²) in [5, 5.41) is 26.3. The zero-order valence-electron chi connectivity index (χ0n) is 9.27. The lowest BCUT2D eigenvalue weighted by Crippen LogP contribution is -2.05. The molecule has 0 radical (unpaired) electrons. The largest absolute Gasteiger partial charge is 0.481 e. The number of aliphatic hydroxyl groups is 1. The topological polar surface area (TPSA) is 111 Å². The zero-order chi connectivity index (χ0) is 12.8. The molecule has 6 heteroatoms. The van der Waals surface area contributed by atoms with Crippen LogP contribution >= 0.6 is 0 Å². The van der Waals surface area contributed by atoms with Gasteiger partial charge in [-0.15, -0.1) is 0 Å². The van der Waals surface area contributed by atoms with Crippen molar-refractivity contribution in [3.63, 3.8) is 0 Å². The highest BCUT2D eigenvalue weighted by atomic mass is 16.4. The minimum Gasteiger partial charge on any atom is -0.481 e. The van der Waals surface area contributed by atoms with E-state index >= 15 is 0 Å². The van der Waals surface area contributed by atoms with Gasteiger partial charge in [0.05, 0.1) is 13.0 Å². The van der Waals surface area contributed by atoms with Gasteiger partial charge < -0.3 is 20.3 Å². The van der Waals surface area contributed by atoms with E-state index in [0.717, 1.165) is 5.56 Å². The molecule has 0 aliphatic heterocycles. The van der Waals surface area contributed by atoms with Crippen LogP contribution in [0.5, 0.6) is 0 Å². The van der Waals surface area contributed by atoms with Crippen LogP contribution in [0.25, 0.3) is 0 Å². The molecule has 94 valence electrons. The number of aliphatic hydroxyl groups excluding tert-OH is 1. The Morgan fingerprint density at radius 1 is 1.24 bits per heavy atom. The average Bonchev–Trinajstić information content (AvgIpc) is 2.60. The summed E-state index contributed by atoms with van der Waals surface area (Å²) in [4.78, 5) is 23.9. The van der Waals surface area contributed by atoms with Crippen LogP contribution in [0.2, 0.25) is 0 Å². The first-order valence-electron chi connectivity index (χ1n) is 5.27. The van der Waals surface area contributed by atoms with Crippen molar-refractivity contribution in [3.05, 3.63) is 23.0 Å². The average molecular weight is 241 g/mol. The summed E-state index contributed by atoms with van der Waals surface area (Å²) in [6.07, 6.45) is 2.45. The zero-order valence-corrected chi connectivity index (χ0v) is 9.27. The molecule has 6 nitrogen and oxygen atoms in total. The van der Waals surface area contributed by atoms with E-state index in [2.05, 4.69) is 4.98 Å². The fourth-order valence-corrected chi connectivity index (χ4v) is 1.71. The number of carboxylic acid groups (broad SMARTS) is 2. The van der Waals surface area contributed by atoms with E-state index in [4.69, 9.17) is 15.3 Å². The number of H-pyrrole nitrogens is 1. The lowest BCUT2D eigenvalue weighted by molar-refractivity contribution is -0.137. The van der Waals surface area contributed by atoms with Gasteiger partial charge in [0.1, 0.15) is 0 Å². The second-order valence-corrected chi connectivity index (χ2v) is 3.75. The third kappa shape index (κ3) is 3.92. The van der Waals surface area contributed by atoms with Crippen molar-refractivity contribution in [3.8, 4) is 0 Å². The number of aliphatic carboxylic acids is 2. The molecular weight excluding hydrogens is 226 g/mol. The van der Waals surface area contributed by atoms with Gasteiger partial charge in [-0.25, -0.2) is 0 Å². The third-order valence-corrected chi connectivity index (χ3v) is 2.50. The molecule has 1 rings (SSSR count). The van der Waals surface area contributed by atoms with Crippen LogP contribution in [-0.4, -0.2) is 32.2 Å². The Kier molecular flexibility index (Phi) is 4.71. The summed E-state index contributed by atoms with van der Waals surface area (Å²) < 4.78 is 0. The van der Waals surface area contributed by atoms with E-state index in [1.54, 1.807) is 6.20 Å². The first-order valence-corrected chi connectivity index (χ1v) is 5.27. The van der Waals surface area contributed by atoms with Crippen LogP contribution in [0.15, 0.2) is 6.20 Å². The van der Waals surface area contributed by atoms with Crippen molar-refractivity contribution >= 4 is 11.9 Å². The quantitative estimate of drug-likeness (QED) is 0.557. The highest BCUT2D eigenvalue weighted by Crippen LogP contribution is 2.17. The molecule has 0 aliphatic carbocycles. The second kappa shape index (κ2) is 6.05. The summed E-state index contributed by atoms with van der Waals surface area (Å²) in [5.74, 6) is -1.85. The highest BCUT2D eigenvalue weighted by molar-refractivity contribution is 5.71. The minimum atomic E-state index is -0.973. The third-order valence-electron chi connectivity index (χ3n) is 2.50. The molecule has 0 aromatic carbocycles. The standard InChI is InChI=1S/C11H15NO5/c13-6-9-8(4-11(16)17)7(5-12-9)2-1-3-10(14)15/h5,12-13H,1-4,6H2,(H,14,15)(H,16,17). The Balaban J connectivity index is 2.73. The number of rotatable bonds is 7. The number of aryl methyl sites for hydroxylation is 1. The predicted octanol–water partition coefficient (Wildman–Crippen LogP) is 0.541. The summed E-state index contributed by atoms with van der Waals surface area (Å²) in [6.45, 7) is -0.248. The molecule has 0 saturated heterocycles. The fourth-order valence-electron chi connectivity index (χ4n) is 1.71. The summed E-state index contributed by atoms with van der Waals surface area (Å²) in [7, 11) is 0. The van der Waals surface area contributed by atoms with Gasteiger partial charge in [0.2, 0.25) is 0 Å². The van der Waals surface area contributed by atoms with Gasteiger partial charge in [-0.05, 0) is 24.0 Å². The number of carbonyl (C=O) groups is 2. The Hall–Kier alpha value is -1.82. The number of hydrogen-bond acceptors (Lipinski definition) is 3. The monoisotopic (exact) mass is 241 g/mol. The molecule has 0 spiro atoms. The molecule has 17 heavy (non-hydrogen) atoms. The molecular formula is C11H15NO5. The Morgan fingerprint density at radius 3 is 2.47 bits per heavy atom. The van der Waals surface area contributed by atoms with Gasteiger partial charge in [0.15, 0.2) is 0 Å². The van der Waals surface area contributed by atoms with Gasteiger partial charge in [-0.1, -0.05) is 0 Å². The lowest BCUT2D eigenvalue weighted by Gasteiger charge is -2.03. The Bertz CT molecular complexity index is 410. The van der Waals surface area contributed by atoms with E-state index in [1.807, 2.05) is 0 Å². The second-order valence-electron chi connectivity index (χ2n) is 3.75. The number of carboxylic acids is 2. The normalized spacial score (nSPS) is 10.4. The van der Waals surface area contributed by atoms with Crippen LogP contribution in [0.3, 0.4) is 0 Å². The van der Waals surface area contributed by atoms with Gasteiger partial charge in [0, 0.05) is 18.3 Å². The van der Waals surface area contributed by atoms with E-state index in [9.17, 15) is 9.59 Å². The molecule has 0 atom stereocenters. The van der Waals surface area contributed by atoms with E-state index in [0.29, 0.717) is 24.1 Å². The maximum Gasteiger partial charge on any atom is 0.307 e. The van der Waals surface area contributed by atoms with Crippen molar-refractivity contribution in [2.75, 3.05) is 0 Å². The van der Waals surface area contributed by atoms with Crippen LogP contribution in [0.1, 0.15) is 29.7 Å². The molecule has 0 aliphatic rings. The van der Waals surface area contributed by atoms with Crippen molar-refractivity contribution in [2.45, 2.75) is 32.3 Å². The number of hydrogen-bond donors (Lipinski definition) is 4. The first kappa shape index (κ1) is 13.2. The number of nitrogens with one attached hydrogen (secondary N) is 1. The van der Waals surface area contributed by atoms with Crippen molar-refractivity contribution < 1.29 is 24.9 Å². The molecule has 1 aromatic rings. The minimum absolute atomic E-state index is 0.0478. The molecule has 0 bridgehead atoms. The molecule has 4 N–H and O–H groups in total. The van der Waals surface area contributed by atoms with Gasteiger partial charge >= 0.3 is 11.9 Å². The molecule has 0 amide bonds. The van der Waals surface area contributed by atoms with Crippen LogP contribution in [-0.2, 0) is 29.0 Å². The van der Waals surface area contributed by atoms with Crippen LogP contribution < -0.4 is 0 Å². The molecule has 1 aromatic heterocycles. The van der Waals surface area contributed by atoms with Crippen molar-refractivity contribution in [1.29, 1.82) is 0 Å². The van der Waals surface area contributed by atoms with E-state index < -0.39 is 11.9 Å². The van der Waals surface area contributed by atoms with Gasteiger partial charge in [0.25, 0.3) is 0 Å². The van der Waals surface area contributed by atoms with Gasteiger partial charge in [-0.3, -0.25) is 9.59 Å². The van der Waals surface area contributed by atoms with Crippen molar-refractivity contribution in [1.82, 2.24) is 4.98 Å². The lowest BCUT2D eigenvalue weighted by atomic mass is 10.0. The molecule has 1 heterocycles. The van der Waals surface area contributed by atoms with Gasteiger partial charge in [-0.2, -0.15) is 0 Å². The molecule has 0 saturated carbocycles. The summed E-state index contributed by atoms with van der Waals surface area (Å²) in [6, 6.07) is 0. The number of aromatic nitrogens is 1. The summed E-state index contributed by atoms with van der Waals surface area (Å²) >= 11 is 0. The Morgan fingerprint density at radius 2 is 1.94 bits per heavy atom. The maximum atomic E-state index is 10.7. The summed E-state index contributed by atoms with van der Waals surface area (Å²) in [5.41, 5.74) is 1.81. The predicted molar refractivity (Wildman–Crippen MR) is 58.6 cm³/mol. The first-order chi connectivity index (χ1) is 8.04. The molecule has 0 fully saturated rings. The SMILES string of the molecule is O=C(O)CCCc1c[nH]c(CO)c1CC(=O)O. The fraction of sp³-hybridized carbons (Fsp3) is 0.455. The van der Waals surface area contributed by atoms with E-state index in [-0.39, 0.29) is 19.4 Å². The smallest absolute Gasteiger partial charge is 0.307 e. The van der Waals surface area contributed by atoms with Crippen LogP contribution in [0.4, 0.5) is 0 Å².